The molecule has 0 atom stereocenters. The third kappa shape index (κ3) is 2.71. The Hall–Kier alpha value is -1.62. The Bertz CT molecular complexity index is 543. The maximum atomic E-state index is 6.45. The summed E-state index contributed by atoms with van der Waals surface area (Å²) in [6, 6.07) is 1.90. The summed E-state index contributed by atoms with van der Waals surface area (Å²) in [6.07, 6.45) is 12.3. The van der Waals surface area contributed by atoms with Crippen molar-refractivity contribution in [2.45, 2.75) is 44.1 Å². The third-order valence-electron chi connectivity index (χ3n) is 3.88. The summed E-state index contributed by atoms with van der Waals surface area (Å²) in [7, 11) is 0. The van der Waals surface area contributed by atoms with Gasteiger partial charge in [0.05, 0.1) is 11.7 Å². The number of fused-ring (bicyclic) bond motifs is 1. The van der Waals surface area contributed by atoms with Crippen molar-refractivity contribution in [1.29, 1.82) is 0 Å². The second kappa shape index (κ2) is 5.17. The van der Waals surface area contributed by atoms with Gasteiger partial charge in [0.15, 0.2) is 0 Å². The highest BCUT2D eigenvalue weighted by Crippen LogP contribution is 2.26. The first kappa shape index (κ1) is 12.4. The number of nitrogens with zero attached hydrogens (tertiary/aromatic N) is 3. The van der Waals surface area contributed by atoms with Crippen LogP contribution in [0.3, 0.4) is 0 Å². The highest BCUT2D eigenvalue weighted by Gasteiger charge is 2.27. The normalized spacial score (nSPS) is 19.2. The second-order valence-corrected chi connectivity index (χ2v) is 5.46. The fourth-order valence-electron chi connectivity index (χ4n) is 2.73. The Morgan fingerprint density at radius 2 is 2.00 bits per heavy atom. The summed E-state index contributed by atoms with van der Waals surface area (Å²) in [5.74, 6) is 0.620. The molecule has 2 heterocycles. The monoisotopic (exact) mass is 260 g/mol. The molecule has 0 radical (unpaired) electrons. The van der Waals surface area contributed by atoms with E-state index in [1.54, 1.807) is 16.9 Å². The second-order valence-electron chi connectivity index (χ2n) is 5.46. The minimum Gasteiger partial charge on any atom is -0.474 e. The molecule has 2 aromatic rings. The molecule has 1 aliphatic carbocycles. The van der Waals surface area contributed by atoms with Crippen LogP contribution in [-0.2, 0) is 0 Å². The van der Waals surface area contributed by atoms with Gasteiger partial charge in [-0.3, -0.25) is 0 Å². The van der Waals surface area contributed by atoms with E-state index in [1.807, 2.05) is 12.3 Å². The van der Waals surface area contributed by atoms with Gasteiger partial charge in [-0.25, -0.2) is 9.50 Å². The predicted octanol–water partition coefficient (Wildman–Crippen LogP) is 2.16. The van der Waals surface area contributed by atoms with Crippen molar-refractivity contribution >= 4 is 5.52 Å². The van der Waals surface area contributed by atoms with Gasteiger partial charge in [-0.05, 0) is 18.9 Å². The van der Waals surface area contributed by atoms with Crippen LogP contribution in [0, 0.1) is 0 Å². The molecule has 0 aliphatic heterocycles. The molecule has 5 nitrogen and oxygen atoms in total. The van der Waals surface area contributed by atoms with E-state index in [9.17, 15) is 0 Å². The Kier molecular flexibility index (Phi) is 3.38. The molecular weight excluding hydrogens is 240 g/mol. The van der Waals surface area contributed by atoms with Crippen LogP contribution < -0.4 is 10.5 Å². The Labute approximate surface area is 112 Å². The standard InChI is InChI=1S/C14H20N4O/c15-14(6-3-1-2-4-7-14)11-19-13-12-5-8-17-18(12)10-9-16-13/h5,8-10H,1-4,6-7,11,15H2. The van der Waals surface area contributed by atoms with E-state index < -0.39 is 0 Å². The maximum absolute atomic E-state index is 6.45. The van der Waals surface area contributed by atoms with Gasteiger partial charge in [0.1, 0.15) is 12.1 Å². The summed E-state index contributed by atoms with van der Waals surface area (Å²) in [5.41, 5.74) is 7.14. The Balaban J connectivity index is 1.73. The zero-order chi connectivity index (χ0) is 13.1. The van der Waals surface area contributed by atoms with Gasteiger partial charge < -0.3 is 10.5 Å². The zero-order valence-electron chi connectivity index (χ0n) is 11.1. The number of hydrogen-bond donors (Lipinski definition) is 1. The van der Waals surface area contributed by atoms with Crippen LogP contribution in [0.2, 0.25) is 0 Å². The van der Waals surface area contributed by atoms with Gasteiger partial charge in [0, 0.05) is 12.4 Å². The molecule has 2 aromatic heterocycles. The zero-order valence-corrected chi connectivity index (χ0v) is 11.1. The van der Waals surface area contributed by atoms with E-state index in [4.69, 9.17) is 10.5 Å². The fourth-order valence-corrected chi connectivity index (χ4v) is 2.73. The quantitative estimate of drug-likeness (QED) is 0.859. The van der Waals surface area contributed by atoms with Crippen molar-refractivity contribution in [2.24, 2.45) is 5.73 Å². The number of aromatic nitrogens is 3. The van der Waals surface area contributed by atoms with Crippen LogP contribution in [0.1, 0.15) is 38.5 Å². The minimum atomic E-state index is -0.203. The van der Waals surface area contributed by atoms with E-state index in [2.05, 4.69) is 10.1 Å². The lowest BCUT2D eigenvalue weighted by Crippen LogP contribution is -2.45. The lowest BCUT2D eigenvalue weighted by molar-refractivity contribution is 0.195. The lowest BCUT2D eigenvalue weighted by atomic mass is 9.93. The lowest BCUT2D eigenvalue weighted by Gasteiger charge is -2.27. The summed E-state index contributed by atoms with van der Waals surface area (Å²) < 4.78 is 7.64. The highest BCUT2D eigenvalue weighted by molar-refractivity contribution is 5.54. The Morgan fingerprint density at radius 1 is 1.21 bits per heavy atom. The Morgan fingerprint density at radius 3 is 2.79 bits per heavy atom. The smallest absolute Gasteiger partial charge is 0.240 e. The summed E-state index contributed by atoms with van der Waals surface area (Å²) in [5, 5.41) is 4.17. The first-order valence-corrected chi connectivity index (χ1v) is 6.97. The van der Waals surface area contributed by atoms with Crippen molar-refractivity contribution in [3.05, 3.63) is 24.7 Å². The molecule has 1 aliphatic rings. The fraction of sp³-hybridized carbons (Fsp3) is 0.571. The minimum absolute atomic E-state index is 0.203. The molecule has 2 N–H and O–H groups in total. The molecular formula is C14H20N4O. The van der Waals surface area contributed by atoms with E-state index in [1.165, 1.54) is 25.7 Å². The first-order chi connectivity index (χ1) is 9.27. The molecule has 19 heavy (non-hydrogen) atoms. The van der Waals surface area contributed by atoms with Crippen molar-refractivity contribution < 1.29 is 4.74 Å². The molecule has 5 heteroatoms. The molecule has 0 unspecified atom stereocenters. The van der Waals surface area contributed by atoms with E-state index in [0.717, 1.165) is 18.4 Å². The topological polar surface area (TPSA) is 65.4 Å². The molecule has 0 saturated heterocycles. The van der Waals surface area contributed by atoms with Crippen molar-refractivity contribution in [3.8, 4) is 5.88 Å². The van der Waals surface area contributed by atoms with Crippen LogP contribution >= 0.6 is 0 Å². The molecule has 0 bridgehead atoms. The highest BCUT2D eigenvalue weighted by atomic mass is 16.5. The maximum Gasteiger partial charge on any atom is 0.240 e. The third-order valence-corrected chi connectivity index (χ3v) is 3.88. The molecule has 1 saturated carbocycles. The van der Waals surface area contributed by atoms with Crippen LogP contribution in [-0.4, -0.2) is 26.7 Å². The van der Waals surface area contributed by atoms with Crippen molar-refractivity contribution in [3.63, 3.8) is 0 Å². The average Bonchev–Trinajstić information content (AvgIpc) is 2.80. The van der Waals surface area contributed by atoms with Gasteiger partial charge in [0.2, 0.25) is 5.88 Å². The molecule has 1 fully saturated rings. The van der Waals surface area contributed by atoms with Crippen molar-refractivity contribution in [1.82, 2.24) is 14.6 Å². The average molecular weight is 260 g/mol. The first-order valence-electron chi connectivity index (χ1n) is 6.97. The molecule has 102 valence electrons. The molecule has 3 rings (SSSR count). The van der Waals surface area contributed by atoms with E-state index in [0.29, 0.717) is 12.5 Å². The van der Waals surface area contributed by atoms with Crippen molar-refractivity contribution in [2.75, 3.05) is 6.61 Å². The van der Waals surface area contributed by atoms with Crippen LogP contribution in [0.25, 0.3) is 5.52 Å². The number of rotatable bonds is 3. The molecule has 0 amide bonds. The van der Waals surface area contributed by atoms with E-state index in [-0.39, 0.29) is 5.54 Å². The van der Waals surface area contributed by atoms with Gasteiger partial charge in [-0.15, -0.1) is 0 Å². The van der Waals surface area contributed by atoms with Gasteiger partial charge in [0.25, 0.3) is 0 Å². The predicted molar refractivity (Wildman–Crippen MR) is 73.1 cm³/mol. The van der Waals surface area contributed by atoms with Crippen LogP contribution in [0.4, 0.5) is 0 Å². The largest absolute Gasteiger partial charge is 0.474 e. The van der Waals surface area contributed by atoms with Crippen LogP contribution in [0.15, 0.2) is 24.7 Å². The summed E-state index contributed by atoms with van der Waals surface area (Å²) >= 11 is 0. The van der Waals surface area contributed by atoms with Gasteiger partial charge in [-0.2, -0.15) is 5.10 Å². The number of nitrogens with two attached hydrogens (primary N) is 1. The van der Waals surface area contributed by atoms with Crippen LogP contribution in [0.5, 0.6) is 5.88 Å². The van der Waals surface area contributed by atoms with E-state index >= 15 is 0 Å². The summed E-state index contributed by atoms with van der Waals surface area (Å²) in [6.45, 7) is 0.533. The van der Waals surface area contributed by atoms with Gasteiger partial charge >= 0.3 is 0 Å². The number of hydrogen-bond acceptors (Lipinski definition) is 4. The molecule has 0 aromatic carbocycles. The van der Waals surface area contributed by atoms with Gasteiger partial charge in [-0.1, -0.05) is 25.7 Å². The number of ether oxygens (including phenoxy) is 1. The summed E-state index contributed by atoms with van der Waals surface area (Å²) in [4.78, 5) is 4.28. The SMILES string of the molecule is NC1(COc2nccn3nccc23)CCCCCC1. The molecule has 0 spiro atoms.